The van der Waals surface area contributed by atoms with Crippen LogP contribution in [0, 0.1) is 12.8 Å². The minimum absolute atomic E-state index is 0.110. The number of carbonyl (C=O) groups excluding carboxylic acids is 1. The zero-order chi connectivity index (χ0) is 16.9. The molecule has 0 atom stereocenters. The maximum atomic E-state index is 12.4. The first kappa shape index (κ1) is 16.8. The largest absolute Gasteiger partial charge is 0.371 e. The van der Waals surface area contributed by atoms with Gasteiger partial charge in [-0.15, -0.1) is 0 Å². The highest BCUT2D eigenvalue weighted by molar-refractivity contribution is 6.30. The Morgan fingerprint density at radius 2 is 1.71 bits per heavy atom. The smallest absolute Gasteiger partial charge is 0.223 e. The van der Waals surface area contributed by atoms with Crippen LogP contribution < -0.4 is 10.2 Å². The second-order valence-electron chi connectivity index (χ2n) is 6.44. The fourth-order valence-corrected chi connectivity index (χ4v) is 3.22. The van der Waals surface area contributed by atoms with Gasteiger partial charge in [0, 0.05) is 36.3 Å². The van der Waals surface area contributed by atoms with Gasteiger partial charge >= 0.3 is 0 Å². The third kappa shape index (κ3) is 4.30. The number of hydrogen-bond acceptors (Lipinski definition) is 2. The number of anilines is 1. The predicted molar refractivity (Wildman–Crippen MR) is 99.4 cm³/mol. The molecule has 0 aromatic heterocycles. The van der Waals surface area contributed by atoms with Gasteiger partial charge in [-0.25, -0.2) is 0 Å². The number of carbonyl (C=O) groups is 1. The molecule has 1 amide bonds. The number of rotatable bonds is 4. The summed E-state index contributed by atoms with van der Waals surface area (Å²) in [5.41, 5.74) is 3.60. The van der Waals surface area contributed by atoms with Crippen molar-refractivity contribution in [2.24, 2.45) is 5.92 Å². The van der Waals surface area contributed by atoms with E-state index in [1.807, 2.05) is 24.3 Å². The summed E-state index contributed by atoms with van der Waals surface area (Å²) in [6.07, 6.45) is 1.81. The zero-order valence-corrected chi connectivity index (χ0v) is 14.7. The Balaban J connectivity index is 1.48. The summed E-state index contributed by atoms with van der Waals surface area (Å²) < 4.78 is 0. The summed E-state index contributed by atoms with van der Waals surface area (Å²) >= 11 is 5.88. The number of nitrogens with zero attached hydrogens (tertiary/aromatic N) is 1. The van der Waals surface area contributed by atoms with Gasteiger partial charge in [0.1, 0.15) is 0 Å². The third-order valence-electron chi connectivity index (χ3n) is 4.64. The maximum Gasteiger partial charge on any atom is 0.223 e. The van der Waals surface area contributed by atoms with Crippen LogP contribution in [-0.2, 0) is 11.3 Å². The summed E-state index contributed by atoms with van der Waals surface area (Å²) in [6, 6.07) is 16.2. The molecule has 2 aromatic rings. The molecule has 3 nitrogen and oxygen atoms in total. The molecule has 4 heteroatoms. The molecule has 0 bridgehead atoms. The minimum atomic E-state index is 0.110. The van der Waals surface area contributed by atoms with E-state index >= 15 is 0 Å². The van der Waals surface area contributed by atoms with E-state index in [2.05, 4.69) is 41.4 Å². The van der Waals surface area contributed by atoms with Crippen LogP contribution in [-0.4, -0.2) is 19.0 Å². The van der Waals surface area contributed by atoms with Gasteiger partial charge in [0.2, 0.25) is 5.91 Å². The highest BCUT2D eigenvalue weighted by Gasteiger charge is 2.24. The van der Waals surface area contributed by atoms with Gasteiger partial charge < -0.3 is 10.2 Å². The first-order valence-corrected chi connectivity index (χ1v) is 8.83. The van der Waals surface area contributed by atoms with Crippen LogP contribution in [0.1, 0.15) is 24.0 Å². The molecule has 1 saturated heterocycles. The van der Waals surface area contributed by atoms with Crippen molar-refractivity contribution < 1.29 is 4.79 Å². The van der Waals surface area contributed by atoms with Crippen LogP contribution in [0.25, 0.3) is 0 Å². The number of hydrogen-bond donors (Lipinski definition) is 1. The van der Waals surface area contributed by atoms with Crippen molar-refractivity contribution in [2.45, 2.75) is 26.3 Å². The monoisotopic (exact) mass is 342 g/mol. The van der Waals surface area contributed by atoms with E-state index in [9.17, 15) is 4.79 Å². The molecule has 1 fully saturated rings. The standard InChI is InChI=1S/C20H23ClN2O/c1-15-2-8-19(9-3-15)23-12-10-17(11-13-23)20(24)22-14-16-4-6-18(21)7-5-16/h2-9,17H,10-14H2,1H3,(H,22,24). The van der Waals surface area contributed by atoms with Crippen molar-refractivity contribution in [1.82, 2.24) is 5.32 Å². The lowest BCUT2D eigenvalue weighted by atomic mass is 9.95. The Kier molecular flexibility index (Phi) is 5.41. The summed E-state index contributed by atoms with van der Waals surface area (Å²) in [7, 11) is 0. The van der Waals surface area contributed by atoms with Gasteiger partial charge in [0.25, 0.3) is 0 Å². The Morgan fingerprint density at radius 1 is 1.08 bits per heavy atom. The normalized spacial score (nSPS) is 15.3. The Bertz CT molecular complexity index is 674. The number of amides is 1. The molecule has 0 unspecified atom stereocenters. The molecule has 3 rings (SSSR count). The van der Waals surface area contributed by atoms with Crippen molar-refractivity contribution in [3.05, 3.63) is 64.7 Å². The second kappa shape index (κ2) is 7.71. The first-order chi connectivity index (χ1) is 11.6. The van der Waals surface area contributed by atoms with E-state index in [4.69, 9.17) is 11.6 Å². The lowest BCUT2D eigenvalue weighted by molar-refractivity contribution is -0.125. The second-order valence-corrected chi connectivity index (χ2v) is 6.88. The van der Waals surface area contributed by atoms with Gasteiger partial charge in [-0.3, -0.25) is 4.79 Å². The van der Waals surface area contributed by atoms with Gasteiger partial charge in [0.05, 0.1) is 0 Å². The minimum Gasteiger partial charge on any atom is -0.371 e. The van der Waals surface area contributed by atoms with Crippen molar-refractivity contribution in [3.8, 4) is 0 Å². The number of piperidine rings is 1. The molecule has 1 heterocycles. The summed E-state index contributed by atoms with van der Waals surface area (Å²) in [5.74, 6) is 0.271. The van der Waals surface area contributed by atoms with E-state index in [1.54, 1.807) is 0 Å². The summed E-state index contributed by atoms with van der Waals surface area (Å²) in [5, 5.41) is 3.77. The van der Waals surface area contributed by atoms with Crippen LogP contribution in [0.2, 0.25) is 5.02 Å². The number of nitrogens with one attached hydrogen (secondary N) is 1. The quantitative estimate of drug-likeness (QED) is 0.904. The van der Waals surface area contributed by atoms with Crippen LogP contribution in [0.15, 0.2) is 48.5 Å². The zero-order valence-electron chi connectivity index (χ0n) is 14.0. The van der Waals surface area contributed by atoms with E-state index < -0.39 is 0 Å². The molecule has 0 spiro atoms. The Hall–Kier alpha value is -2.00. The van der Waals surface area contributed by atoms with E-state index in [1.165, 1.54) is 11.3 Å². The van der Waals surface area contributed by atoms with Crippen LogP contribution >= 0.6 is 11.6 Å². The van der Waals surface area contributed by atoms with Crippen molar-refractivity contribution in [3.63, 3.8) is 0 Å². The van der Waals surface area contributed by atoms with E-state index in [0.29, 0.717) is 11.6 Å². The average Bonchev–Trinajstić information content (AvgIpc) is 2.62. The molecular weight excluding hydrogens is 320 g/mol. The van der Waals surface area contributed by atoms with E-state index in [-0.39, 0.29) is 11.8 Å². The number of aryl methyl sites for hydroxylation is 1. The van der Waals surface area contributed by atoms with Crippen LogP contribution in [0.5, 0.6) is 0 Å². The SMILES string of the molecule is Cc1ccc(N2CCC(C(=O)NCc3ccc(Cl)cc3)CC2)cc1. The molecule has 0 aliphatic carbocycles. The fourth-order valence-electron chi connectivity index (χ4n) is 3.09. The summed E-state index contributed by atoms with van der Waals surface area (Å²) in [6.45, 7) is 4.53. The molecule has 1 aliphatic heterocycles. The summed E-state index contributed by atoms with van der Waals surface area (Å²) in [4.78, 5) is 14.7. The number of benzene rings is 2. The van der Waals surface area contributed by atoms with Crippen LogP contribution in [0.3, 0.4) is 0 Å². The average molecular weight is 343 g/mol. The topological polar surface area (TPSA) is 32.3 Å². The molecule has 24 heavy (non-hydrogen) atoms. The van der Waals surface area contributed by atoms with Crippen molar-refractivity contribution in [2.75, 3.05) is 18.0 Å². The van der Waals surface area contributed by atoms with Gasteiger partial charge in [-0.2, -0.15) is 0 Å². The third-order valence-corrected chi connectivity index (χ3v) is 4.90. The van der Waals surface area contributed by atoms with Gasteiger partial charge in [0.15, 0.2) is 0 Å². The fraction of sp³-hybridized carbons (Fsp3) is 0.350. The Labute approximate surface area is 148 Å². The maximum absolute atomic E-state index is 12.4. The lowest BCUT2D eigenvalue weighted by Gasteiger charge is -2.33. The highest BCUT2D eigenvalue weighted by atomic mass is 35.5. The highest BCUT2D eigenvalue weighted by Crippen LogP contribution is 2.23. The molecular formula is C20H23ClN2O. The molecule has 0 radical (unpaired) electrons. The number of halogens is 1. The molecule has 1 N–H and O–H groups in total. The molecule has 2 aromatic carbocycles. The molecule has 1 aliphatic rings. The van der Waals surface area contributed by atoms with E-state index in [0.717, 1.165) is 31.5 Å². The predicted octanol–water partition coefficient (Wildman–Crippen LogP) is 4.18. The van der Waals surface area contributed by atoms with Crippen molar-refractivity contribution in [1.29, 1.82) is 0 Å². The molecule has 126 valence electrons. The first-order valence-electron chi connectivity index (χ1n) is 8.45. The van der Waals surface area contributed by atoms with Crippen LogP contribution in [0.4, 0.5) is 5.69 Å². The van der Waals surface area contributed by atoms with Gasteiger partial charge in [-0.1, -0.05) is 41.4 Å². The van der Waals surface area contributed by atoms with Gasteiger partial charge in [-0.05, 0) is 49.6 Å². The van der Waals surface area contributed by atoms with Crippen molar-refractivity contribution >= 4 is 23.2 Å². The molecule has 0 saturated carbocycles. The lowest BCUT2D eigenvalue weighted by Crippen LogP contribution is -2.40. The Morgan fingerprint density at radius 3 is 2.33 bits per heavy atom.